The average molecular weight is 297 g/mol. The van der Waals surface area contributed by atoms with Gasteiger partial charge in [0.1, 0.15) is 0 Å². The van der Waals surface area contributed by atoms with Gasteiger partial charge in [-0.25, -0.2) is 13.6 Å². The Kier molecular flexibility index (Phi) is 4.42. The smallest absolute Gasteiger partial charge is 0.227 e. The number of nitrogens with two attached hydrogens (primary N) is 2. The molecule has 0 aromatic heterocycles. The molecule has 1 aliphatic carbocycles. The molecule has 0 radical (unpaired) electrons. The number of carbonyl (C=O) groups excluding carboxylic acids is 1. The van der Waals surface area contributed by atoms with E-state index >= 15 is 0 Å². The van der Waals surface area contributed by atoms with Crippen LogP contribution in [0.1, 0.15) is 24.8 Å². The van der Waals surface area contributed by atoms with Crippen molar-refractivity contribution in [1.82, 2.24) is 0 Å². The lowest BCUT2D eigenvalue weighted by Gasteiger charge is -2.11. The Labute approximate surface area is 118 Å². The highest BCUT2D eigenvalue weighted by Gasteiger charge is 2.27. The summed E-state index contributed by atoms with van der Waals surface area (Å²) in [7, 11) is -3.53. The van der Waals surface area contributed by atoms with Crippen LogP contribution in [0, 0.1) is 5.92 Å². The van der Waals surface area contributed by atoms with E-state index in [1.807, 2.05) is 0 Å². The van der Waals surface area contributed by atoms with Gasteiger partial charge in [-0.05, 0) is 37.0 Å². The van der Waals surface area contributed by atoms with Gasteiger partial charge in [-0.3, -0.25) is 4.79 Å². The first kappa shape index (κ1) is 15.0. The number of rotatable bonds is 4. The summed E-state index contributed by atoms with van der Waals surface area (Å²) in [5.74, 6) is -0.273. The quantitative estimate of drug-likeness (QED) is 0.752. The van der Waals surface area contributed by atoms with Gasteiger partial charge in [-0.1, -0.05) is 12.1 Å². The highest BCUT2D eigenvalue weighted by molar-refractivity contribution is 7.88. The molecule has 5 N–H and O–H groups in total. The number of benzene rings is 1. The Bertz CT molecular complexity index is 583. The second-order valence-electron chi connectivity index (χ2n) is 5.26. The Balaban J connectivity index is 1.95. The van der Waals surface area contributed by atoms with E-state index in [1.165, 1.54) is 0 Å². The molecule has 1 saturated carbocycles. The van der Waals surface area contributed by atoms with Gasteiger partial charge in [0.15, 0.2) is 0 Å². The van der Waals surface area contributed by atoms with Gasteiger partial charge in [0.2, 0.25) is 15.9 Å². The first-order valence-electron chi connectivity index (χ1n) is 6.49. The molecule has 20 heavy (non-hydrogen) atoms. The molecule has 1 aliphatic rings. The number of carbonyl (C=O) groups is 1. The highest BCUT2D eigenvalue weighted by Crippen LogP contribution is 2.25. The first-order chi connectivity index (χ1) is 9.33. The zero-order chi connectivity index (χ0) is 14.8. The van der Waals surface area contributed by atoms with E-state index in [1.54, 1.807) is 24.3 Å². The lowest BCUT2D eigenvalue weighted by Crippen LogP contribution is -2.23. The van der Waals surface area contributed by atoms with Gasteiger partial charge in [-0.15, -0.1) is 0 Å². The van der Waals surface area contributed by atoms with Gasteiger partial charge in [0, 0.05) is 17.6 Å². The van der Waals surface area contributed by atoms with Crippen LogP contribution in [0.15, 0.2) is 24.3 Å². The highest BCUT2D eigenvalue weighted by atomic mass is 32.2. The summed E-state index contributed by atoms with van der Waals surface area (Å²) in [4.78, 5) is 12.0. The van der Waals surface area contributed by atoms with Crippen LogP contribution in [0.4, 0.5) is 5.69 Å². The fourth-order valence-electron chi connectivity index (χ4n) is 2.42. The van der Waals surface area contributed by atoms with Gasteiger partial charge in [0.05, 0.1) is 5.75 Å². The number of anilines is 1. The van der Waals surface area contributed by atoms with Crippen LogP contribution in [-0.4, -0.2) is 20.4 Å². The van der Waals surface area contributed by atoms with E-state index < -0.39 is 10.0 Å². The number of hydrogen-bond donors (Lipinski definition) is 3. The van der Waals surface area contributed by atoms with Crippen LogP contribution in [0.3, 0.4) is 0 Å². The van der Waals surface area contributed by atoms with Crippen molar-refractivity contribution < 1.29 is 13.2 Å². The molecular weight excluding hydrogens is 278 g/mol. The molecule has 0 saturated heterocycles. The number of hydrogen-bond acceptors (Lipinski definition) is 4. The Hall–Kier alpha value is -1.44. The SMILES string of the molecule is NC1CCC(C(=O)Nc2ccc(CS(N)(=O)=O)cc2)C1. The van der Waals surface area contributed by atoms with Crippen molar-refractivity contribution >= 4 is 21.6 Å². The lowest BCUT2D eigenvalue weighted by molar-refractivity contribution is -0.119. The van der Waals surface area contributed by atoms with Crippen molar-refractivity contribution in [2.75, 3.05) is 5.32 Å². The summed E-state index contributed by atoms with van der Waals surface area (Å²) >= 11 is 0. The fraction of sp³-hybridized carbons (Fsp3) is 0.462. The molecule has 0 spiro atoms. The molecule has 0 heterocycles. The maximum Gasteiger partial charge on any atom is 0.227 e. The molecule has 110 valence electrons. The third kappa shape index (κ3) is 4.29. The zero-order valence-corrected chi connectivity index (χ0v) is 11.9. The summed E-state index contributed by atoms with van der Waals surface area (Å²) in [5, 5.41) is 7.79. The molecule has 1 aromatic carbocycles. The maximum absolute atomic E-state index is 12.0. The predicted molar refractivity (Wildman–Crippen MR) is 77.2 cm³/mol. The summed E-state index contributed by atoms with van der Waals surface area (Å²) in [6.45, 7) is 0. The van der Waals surface area contributed by atoms with Crippen molar-refractivity contribution in [3.05, 3.63) is 29.8 Å². The summed E-state index contributed by atoms with van der Waals surface area (Å²) in [6, 6.07) is 6.74. The second-order valence-corrected chi connectivity index (χ2v) is 6.88. The zero-order valence-electron chi connectivity index (χ0n) is 11.1. The van der Waals surface area contributed by atoms with Crippen LogP contribution < -0.4 is 16.2 Å². The normalized spacial score (nSPS) is 22.7. The first-order valence-corrected chi connectivity index (χ1v) is 8.21. The third-order valence-electron chi connectivity index (χ3n) is 3.43. The lowest BCUT2D eigenvalue weighted by atomic mass is 10.1. The van der Waals surface area contributed by atoms with Crippen molar-refractivity contribution in [1.29, 1.82) is 0 Å². The molecular formula is C13H19N3O3S. The van der Waals surface area contributed by atoms with Crippen molar-refractivity contribution in [2.45, 2.75) is 31.1 Å². The Morgan fingerprint density at radius 1 is 1.25 bits per heavy atom. The molecule has 0 aliphatic heterocycles. The minimum absolute atomic E-state index is 0.0304. The molecule has 7 heteroatoms. The Morgan fingerprint density at radius 2 is 1.90 bits per heavy atom. The van der Waals surface area contributed by atoms with E-state index in [0.717, 1.165) is 19.3 Å². The van der Waals surface area contributed by atoms with Crippen molar-refractivity contribution in [3.63, 3.8) is 0 Å². The van der Waals surface area contributed by atoms with Crippen LogP contribution in [0.25, 0.3) is 0 Å². The van der Waals surface area contributed by atoms with E-state index in [4.69, 9.17) is 10.9 Å². The van der Waals surface area contributed by atoms with Crippen molar-refractivity contribution in [2.24, 2.45) is 16.8 Å². The third-order valence-corrected chi connectivity index (χ3v) is 4.17. The van der Waals surface area contributed by atoms with Crippen LogP contribution in [0.5, 0.6) is 0 Å². The minimum atomic E-state index is -3.53. The molecule has 0 bridgehead atoms. The number of primary sulfonamides is 1. The maximum atomic E-state index is 12.0. The Morgan fingerprint density at radius 3 is 2.40 bits per heavy atom. The van der Waals surface area contributed by atoms with Gasteiger partial charge in [0.25, 0.3) is 0 Å². The topological polar surface area (TPSA) is 115 Å². The largest absolute Gasteiger partial charge is 0.328 e. The number of amides is 1. The monoisotopic (exact) mass is 297 g/mol. The summed E-state index contributed by atoms with van der Waals surface area (Å²) in [6.07, 6.45) is 2.41. The average Bonchev–Trinajstić information content (AvgIpc) is 2.77. The molecule has 2 unspecified atom stereocenters. The second kappa shape index (κ2) is 5.90. The standard InChI is InChI=1S/C13H19N3O3S/c14-11-4-3-10(7-11)13(17)16-12-5-1-9(2-6-12)8-20(15,18)19/h1-2,5-6,10-11H,3-4,7-8,14H2,(H,16,17)(H2,15,18,19). The van der Waals surface area contributed by atoms with Crippen LogP contribution in [0.2, 0.25) is 0 Å². The minimum Gasteiger partial charge on any atom is -0.328 e. The molecule has 1 fully saturated rings. The van der Waals surface area contributed by atoms with E-state index in [0.29, 0.717) is 11.3 Å². The number of nitrogens with one attached hydrogen (secondary N) is 1. The number of sulfonamides is 1. The molecule has 6 nitrogen and oxygen atoms in total. The predicted octanol–water partition coefficient (Wildman–Crippen LogP) is 0.541. The van der Waals surface area contributed by atoms with E-state index in [2.05, 4.69) is 5.32 Å². The van der Waals surface area contributed by atoms with Crippen LogP contribution >= 0.6 is 0 Å². The molecule has 2 rings (SSSR count). The fourth-order valence-corrected chi connectivity index (χ4v) is 3.07. The van der Waals surface area contributed by atoms with Gasteiger partial charge >= 0.3 is 0 Å². The van der Waals surface area contributed by atoms with Crippen molar-refractivity contribution in [3.8, 4) is 0 Å². The van der Waals surface area contributed by atoms with E-state index in [-0.39, 0.29) is 23.6 Å². The summed E-state index contributed by atoms with van der Waals surface area (Å²) < 4.78 is 21.9. The van der Waals surface area contributed by atoms with Gasteiger partial charge in [-0.2, -0.15) is 0 Å². The van der Waals surface area contributed by atoms with Gasteiger partial charge < -0.3 is 11.1 Å². The van der Waals surface area contributed by atoms with Crippen LogP contribution in [-0.2, 0) is 20.6 Å². The molecule has 1 amide bonds. The summed E-state index contributed by atoms with van der Waals surface area (Å²) in [5.41, 5.74) is 7.02. The van der Waals surface area contributed by atoms with E-state index in [9.17, 15) is 13.2 Å². The molecule has 2 atom stereocenters. The molecule has 1 aromatic rings.